The van der Waals surface area contributed by atoms with E-state index in [0.29, 0.717) is 11.1 Å². The van der Waals surface area contributed by atoms with Crippen molar-refractivity contribution >= 4 is 15.9 Å². The van der Waals surface area contributed by atoms with E-state index >= 15 is 0 Å². The van der Waals surface area contributed by atoms with Crippen LogP contribution >= 0.6 is 15.9 Å². The lowest BCUT2D eigenvalue weighted by molar-refractivity contribution is 0.0480. The van der Waals surface area contributed by atoms with Crippen LogP contribution in [0.2, 0.25) is 0 Å². The van der Waals surface area contributed by atoms with Crippen LogP contribution in [0.4, 0.5) is 8.78 Å². The molecule has 0 saturated heterocycles. The molecule has 0 N–H and O–H groups in total. The maximum Gasteiger partial charge on any atom is 0.299 e. The third-order valence-electron chi connectivity index (χ3n) is 2.88. The Kier molecular flexibility index (Phi) is 1.96. The molecule has 0 aromatic heterocycles. The molecule has 1 aliphatic carbocycles. The van der Waals surface area contributed by atoms with Crippen molar-refractivity contribution in [2.75, 3.05) is 0 Å². The van der Waals surface area contributed by atoms with Crippen LogP contribution in [0.25, 0.3) is 11.1 Å². The van der Waals surface area contributed by atoms with Gasteiger partial charge in [0, 0.05) is 15.6 Å². The van der Waals surface area contributed by atoms with Crippen LogP contribution in [-0.2, 0) is 5.92 Å². The Balaban J connectivity index is 2.40. The summed E-state index contributed by atoms with van der Waals surface area (Å²) >= 11 is 3.31. The molecule has 16 heavy (non-hydrogen) atoms. The molecule has 0 nitrogen and oxygen atoms in total. The van der Waals surface area contributed by atoms with E-state index in [1.807, 2.05) is 0 Å². The van der Waals surface area contributed by atoms with E-state index in [1.165, 1.54) is 12.1 Å². The van der Waals surface area contributed by atoms with Crippen molar-refractivity contribution in [3.63, 3.8) is 0 Å². The first kappa shape index (κ1) is 9.97. The molecule has 0 fully saturated rings. The summed E-state index contributed by atoms with van der Waals surface area (Å²) in [4.78, 5) is 0. The van der Waals surface area contributed by atoms with E-state index < -0.39 is 5.92 Å². The Morgan fingerprint density at radius 2 is 1.56 bits per heavy atom. The summed E-state index contributed by atoms with van der Waals surface area (Å²) in [6.07, 6.45) is 0. The van der Waals surface area contributed by atoms with Gasteiger partial charge in [-0.2, -0.15) is 8.78 Å². The third-order valence-corrected chi connectivity index (χ3v) is 3.37. The summed E-state index contributed by atoms with van der Waals surface area (Å²) < 4.78 is 28.9. The van der Waals surface area contributed by atoms with Crippen molar-refractivity contribution in [2.24, 2.45) is 0 Å². The summed E-state index contributed by atoms with van der Waals surface area (Å²) in [5.74, 6) is -2.87. The lowest BCUT2D eigenvalue weighted by atomic mass is 10.1. The average molecular weight is 281 g/mol. The second-order valence-corrected chi connectivity index (χ2v) is 4.73. The summed E-state index contributed by atoms with van der Waals surface area (Å²) in [7, 11) is 0. The normalized spacial score (nSPS) is 15.7. The predicted molar refractivity (Wildman–Crippen MR) is 62.6 cm³/mol. The van der Waals surface area contributed by atoms with Gasteiger partial charge in [0.2, 0.25) is 0 Å². The van der Waals surface area contributed by atoms with Gasteiger partial charge in [0.15, 0.2) is 0 Å². The lowest BCUT2D eigenvalue weighted by Gasteiger charge is -2.11. The van der Waals surface area contributed by atoms with Gasteiger partial charge in [-0.3, -0.25) is 0 Å². The minimum atomic E-state index is -2.87. The fraction of sp³-hybridized carbons (Fsp3) is 0.0769. The number of rotatable bonds is 0. The molecule has 0 atom stereocenters. The highest BCUT2D eigenvalue weighted by molar-refractivity contribution is 9.10. The van der Waals surface area contributed by atoms with E-state index in [-0.39, 0.29) is 11.1 Å². The number of benzene rings is 2. The number of hydrogen-bond donors (Lipinski definition) is 0. The molecule has 0 spiro atoms. The van der Waals surface area contributed by atoms with Gasteiger partial charge < -0.3 is 0 Å². The van der Waals surface area contributed by atoms with Gasteiger partial charge >= 0.3 is 0 Å². The van der Waals surface area contributed by atoms with Gasteiger partial charge in [0.1, 0.15) is 0 Å². The molecule has 0 aliphatic heterocycles. The first-order valence-corrected chi connectivity index (χ1v) is 5.68. The van der Waals surface area contributed by atoms with Crippen molar-refractivity contribution < 1.29 is 8.78 Å². The Labute approximate surface area is 100 Å². The number of fused-ring (bicyclic) bond motifs is 3. The molecule has 0 saturated carbocycles. The van der Waals surface area contributed by atoms with E-state index in [4.69, 9.17) is 0 Å². The van der Waals surface area contributed by atoms with Gasteiger partial charge in [-0.25, -0.2) is 0 Å². The quantitative estimate of drug-likeness (QED) is 0.663. The third kappa shape index (κ3) is 1.18. The van der Waals surface area contributed by atoms with E-state index in [2.05, 4.69) is 15.9 Å². The molecule has 0 heterocycles. The first-order chi connectivity index (χ1) is 7.60. The smallest absolute Gasteiger partial charge is 0.196 e. The highest BCUT2D eigenvalue weighted by Crippen LogP contribution is 2.51. The summed E-state index contributed by atoms with van der Waals surface area (Å²) in [6.45, 7) is 0. The maximum absolute atomic E-state index is 14.0. The van der Waals surface area contributed by atoms with Gasteiger partial charge in [0.05, 0.1) is 0 Å². The second-order valence-electron chi connectivity index (χ2n) is 3.81. The Morgan fingerprint density at radius 3 is 2.38 bits per heavy atom. The first-order valence-electron chi connectivity index (χ1n) is 4.88. The van der Waals surface area contributed by atoms with Crippen molar-refractivity contribution in [1.82, 2.24) is 0 Å². The topological polar surface area (TPSA) is 0 Å². The fourth-order valence-corrected chi connectivity index (χ4v) is 2.51. The average Bonchev–Trinajstić information content (AvgIpc) is 2.49. The Morgan fingerprint density at radius 1 is 0.875 bits per heavy atom. The lowest BCUT2D eigenvalue weighted by Crippen LogP contribution is -2.10. The van der Waals surface area contributed by atoms with Gasteiger partial charge in [-0.1, -0.05) is 46.3 Å². The molecule has 80 valence electrons. The molecule has 2 aromatic carbocycles. The largest absolute Gasteiger partial charge is 0.299 e. The number of hydrogen-bond acceptors (Lipinski definition) is 0. The molecule has 0 unspecified atom stereocenters. The molecule has 0 bridgehead atoms. The van der Waals surface area contributed by atoms with Crippen LogP contribution in [0, 0.1) is 0 Å². The molecule has 1 aliphatic rings. The molecule has 0 radical (unpaired) electrons. The van der Waals surface area contributed by atoms with Crippen LogP contribution in [0.1, 0.15) is 11.1 Å². The Hall–Kier alpha value is -1.22. The number of alkyl halides is 2. The molecule has 2 aromatic rings. The molecular weight excluding hydrogens is 274 g/mol. The van der Waals surface area contributed by atoms with E-state index in [1.54, 1.807) is 30.3 Å². The minimum Gasteiger partial charge on any atom is -0.196 e. The predicted octanol–water partition coefficient (Wildman–Crippen LogP) is 4.57. The highest BCUT2D eigenvalue weighted by atomic mass is 79.9. The zero-order chi connectivity index (χ0) is 11.3. The van der Waals surface area contributed by atoms with Crippen molar-refractivity contribution in [2.45, 2.75) is 5.92 Å². The zero-order valence-corrected chi connectivity index (χ0v) is 9.76. The highest BCUT2D eigenvalue weighted by Gasteiger charge is 2.43. The van der Waals surface area contributed by atoms with Crippen LogP contribution < -0.4 is 0 Å². The maximum atomic E-state index is 14.0. The van der Waals surface area contributed by atoms with Gasteiger partial charge in [-0.05, 0) is 23.3 Å². The summed E-state index contributed by atoms with van der Waals surface area (Å²) in [5.41, 5.74) is 1.44. The Bertz CT molecular complexity index is 576. The SMILES string of the molecule is FC1(F)c2ccccc2-c2cc(Br)ccc21. The standard InChI is InChI=1S/C13H7BrF2/c14-8-5-6-12-10(7-8)9-3-1-2-4-11(9)13(12,15)16/h1-7H. The summed E-state index contributed by atoms with van der Waals surface area (Å²) in [5, 5.41) is 0. The summed E-state index contributed by atoms with van der Waals surface area (Å²) in [6, 6.07) is 11.5. The zero-order valence-electron chi connectivity index (χ0n) is 8.18. The van der Waals surface area contributed by atoms with E-state index in [0.717, 1.165) is 4.47 Å². The van der Waals surface area contributed by atoms with Crippen LogP contribution in [0.15, 0.2) is 46.9 Å². The monoisotopic (exact) mass is 280 g/mol. The van der Waals surface area contributed by atoms with Crippen LogP contribution in [0.5, 0.6) is 0 Å². The molecule has 3 rings (SSSR count). The van der Waals surface area contributed by atoms with Crippen molar-refractivity contribution in [1.29, 1.82) is 0 Å². The van der Waals surface area contributed by atoms with Crippen LogP contribution in [0.3, 0.4) is 0 Å². The van der Waals surface area contributed by atoms with E-state index in [9.17, 15) is 8.78 Å². The van der Waals surface area contributed by atoms with Crippen LogP contribution in [-0.4, -0.2) is 0 Å². The number of halogens is 3. The van der Waals surface area contributed by atoms with Crippen molar-refractivity contribution in [3.8, 4) is 11.1 Å². The molecule has 3 heteroatoms. The van der Waals surface area contributed by atoms with Gasteiger partial charge in [-0.15, -0.1) is 0 Å². The van der Waals surface area contributed by atoms with Gasteiger partial charge in [0.25, 0.3) is 5.92 Å². The van der Waals surface area contributed by atoms with Crippen molar-refractivity contribution in [3.05, 3.63) is 58.1 Å². The second kappa shape index (κ2) is 3.14. The molecule has 0 amide bonds. The fourth-order valence-electron chi connectivity index (χ4n) is 2.15. The minimum absolute atomic E-state index is 0.0944. The molecular formula is C13H7BrF2.